The van der Waals surface area contributed by atoms with Crippen LogP contribution >= 0.6 is 15.9 Å². The van der Waals surface area contributed by atoms with Crippen molar-refractivity contribution in [3.63, 3.8) is 0 Å². The van der Waals surface area contributed by atoms with E-state index < -0.39 is 10.5 Å². The Kier molecular flexibility index (Phi) is 7.05. The van der Waals surface area contributed by atoms with Crippen LogP contribution in [-0.4, -0.2) is 65.2 Å². The average molecular weight is 444 g/mol. The minimum Gasteiger partial charge on any atom is -0.491 e. The number of halogens is 1. The summed E-state index contributed by atoms with van der Waals surface area (Å²) in [5, 5.41) is 10.8. The maximum absolute atomic E-state index is 12.3. The number of nitro groups is 1. The molecule has 0 spiro atoms. The van der Waals surface area contributed by atoms with E-state index >= 15 is 0 Å². The number of ether oxygens (including phenoxy) is 2. The lowest BCUT2D eigenvalue weighted by molar-refractivity contribution is -0.385. The van der Waals surface area contributed by atoms with Crippen LogP contribution in [0.25, 0.3) is 0 Å². The molecular weight excluding hydrogens is 418 g/mol. The van der Waals surface area contributed by atoms with Gasteiger partial charge in [0, 0.05) is 44.4 Å². The third-order valence-corrected chi connectivity index (χ3v) is 4.75. The minimum absolute atomic E-state index is 0.0151. The number of carbonyl (C=O) groups excluding carboxylic acids is 1. The fraction of sp³-hybridized carbons (Fsp3) is 0.611. The summed E-state index contributed by atoms with van der Waals surface area (Å²) in [5.41, 5.74) is -0.485. The van der Waals surface area contributed by atoms with Gasteiger partial charge in [0.1, 0.15) is 18.0 Å². The van der Waals surface area contributed by atoms with Gasteiger partial charge >= 0.3 is 6.09 Å². The van der Waals surface area contributed by atoms with E-state index in [-0.39, 0.29) is 17.8 Å². The van der Waals surface area contributed by atoms with Gasteiger partial charge in [-0.05, 0) is 49.7 Å². The first kappa shape index (κ1) is 21.4. The second-order valence-corrected chi connectivity index (χ2v) is 8.40. The quantitative estimate of drug-likeness (QED) is 0.509. The molecule has 0 aliphatic carbocycles. The molecule has 0 saturated carbocycles. The zero-order valence-electron chi connectivity index (χ0n) is 16.1. The van der Waals surface area contributed by atoms with Gasteiger partial charge in [-0.2, -0.15) is 0 Å². The van der Waals surface area contributed by atoms with Crippen LogP contribution in [0.15, 0.2) is 22.7 Å². The number of rotatable bonds is 5. The molecule has 1 heterocycles. The number of piperazine rings is 1. The van der Waals surface area contributed by atoms with E-state index in [1.54, 1.807) is 11.0 Å². The van der Waals surface area contributed by atoms with Crippen molar-refractivity contribution in [2.45, 2.75) is 39.3 Å². The van der Waals surface area contributed by atoms with Crippen molar-refractivity contribution in [1.82, 2.24) is 9.80 Å². The Bertz CT molecular complexity index is 692. The van der Waals surface area contributed by atoms with Crippen LogP contribution in [0.4, 0.5) is 10.5 Å². The molecule has 1 aliphatic rings. The highest BCUT2D eigenvalue weighted by atomic mass is 79.9. The molecule has 0 bridgehead atoms. The van der Waals surface area contributed by atoms with Gasteiger partial charge < -0.3 is 14.4 Å². The van der Waals surface area contributed by atoms with E-state index in [1.165, 1.54) is 12.1 Å². The Labute approximate surface area is 167 Å². The highest BCUT2D eigenvalue weighted by molar-refractivity contribution is 9.10. The maximum atomic E-state index is 12.3. The van der Waals surface area contributed by atoms with Gasteiger partial charge in [0.15, 0.2) is 0 Å². The minimum atomic E-state index is -0.500. The Hall–Kier alpha value is -1.87. The van der Waals surface area contributed by atoms with Crippen LogP contribution in [0.2, 0.25) is 0 Å². The van der Waals surface area contributed by atoms with Crippen LogP contribution in [0.3, 0.4) is 0 Å². The van der Waals surface area contributed by atoms with Crippen molar-refractivity contribution >= 4 is 27.7 Å². The Balaban J connectivity index is 1.80. The molecule has 2 rings (SSSR count). The molecule has 1 aromatic carbocycles. The van der Waals surface area contributed by atoms with Crippen molar-refractivity contribution < 1.29 is 19.2 Å². The largest absolute Gasteiger partial charge is 0.491 e. The van der Waals surface area contributed by atoms with Gasteiger partial charge in [-0.15, -0.1) is 0 Å². The van der Waals surface area contributed by atoms with Gasteiger partial charge in [-0.25, -0.2) is 4.79 Å². The third kappa shape index (κ3) is 6.35. The van der Waals surface area contributed by atoms with Gasteiger partial charge in [-0.3, -0.25) is 15.0 Å². The van der Waals surface area contributed by atoms with Crippen molar-refractivity contribution in [1.29, 1.82) is 0 Å². The molecule has 8 nitrogen and oxygen atoms in total. The van der Waals surface area contributed by atoms with E-state index in [0.717, 1.165) is 13.1 Å². The lowest BCUT2D eigenvalue weighted by Gasteiger charge is -2.40. The lowest BCUT2D eigenvalue weighted by atomic mass is 10.2. The first-order valence-electron chi connectivity index (χ1n) is 8.85. The Morgan fingerprint density at radius 3 is 2.63 bits per heavy atom. The molecule has 1 aliphatic heterocycles. The van der Waals surface area contributed by atoms with Crippen molar-refractivity contribution in [2.75, 3.05) is 32.8 Å². The average Bonchev–Trinajstić information content (AvgIpc) is 2.54. The van der Waals surface area contributed by atoms with E-state index in [9.17, 15) is 14.9 Å². The summed E-state index contributed by atoms with van der Waals surface area (Å²) in [5.74, 6) is 0.570. The van der Waals surface area contributed by atoms with Crippen LogP contribution in [0, 0.1) is 10.1 Å². The summed E-state index contributed by atoms with van der Waals surface area (Å²) in [6.45, 7) is 10.8. The highest BCUT2D eigenvalue weighted by Gasteiger charge is 2.30. The fourth-order valence-electron chi connectivity index (χ4n) is 2.83. The van der Waals surface area contributed by atoms with E-state index in [2.05, 4.69) is 20.8 Å². The van der Waals surface area contributed by atoms with Gasteiger partial charge in [-0.1, -0.05) is 0 Å². The number of nitrogens with zero attached hydrogens (tertiary/aromatic N) is 3. The number of carbonyl (C=O) groups is 1. The second-order valence-electron chi connectivity index (χ2n) is 7.54. The number of non-ortho nitro benzene ring substituents is 1. The molecule has 150 valence electrons. The molecule has 1 aromatic rings. The number of amides is 1. The Morgan fingerprint density at radius 1 is 1.37 bits per heavy atom. The molecule has 27 heavy (non-hydrogen) atoms. The molecular formula is C18H26BrN3O5. The zero-order valence-corrected chi connectivity index (χ0v) is 17.7. The van der Waals surface area contributed by atoms with Crippen LogP contribution in [0.1, 0.15) is 27.7 Å². The summed E-state index contributed by atoms with van der Waals surface area (Å²) in [6.07, 6.45) is -0.277. The van der Waals surface area contributed by atoms with Gasteiger partial charge in [0.05, 0.1) is 9.40 Å². The van der Waals surface area contributed by atoms with Crippen LogP contribution in [-0.2, 0) is 4.74 Å². The maximum Gasteiger partial charge on any atom is 0.410 e. The van der Waals surface area contributed by atoms with Crippen LogP contribution in [0.5, 0.6) is 5.75 Å². The first-order chi connectivity index (χ1) is 12.6. The smallest absolute Gasteiger partial charge is 0.410 e. The van der Waals surface area contributed by atoms with Crippen LogP contribution < -0.4 is 4.74 Å². The van der Waals surface area contributed by atoms with E-state index in [1.807, 2.05) is 27.7 Å². The van der Waals surface area contributed by atoms with Crippen molar-refractivity contribution in [3.05, 3.63) is 32.8 Å². The summed E-state index contributed by atoms with van der Waals surface area (Å²) < 4.78 is 11.7. The number of hydrogen-bond acceptors (Lipinski definition) is 6. The van der Waals surface area contributed by atoms with E-state index in [4.69, 9.17) is 9.47 Å². The summed E-state index contributed by atoms with van der Waals surface area (Å²) in [4.78, 5) is 26.6. The SMILES string of the molecule is C[C@H]1CN(CCOc2ccc([N+](=O)[O-])cc2Br)CCN1C(=O)OC(C)(C)C. The molecule has 1 saturated heterocycles. The molecule has 0 N–H and O–H groups in total. The fourth-order valence-corrected chi connectivity index (χ4v) is 3.31. The summed E-state index contributed by atoms with van der Waals surface area (Å²) in [6, 6.07) is 4.49. The lowest BCUT2D eigenvalue weighted by Crippen LogP contribution is -2.55. The monoisotopic (exact) mass is 443 g/mol. The topological polar surface area (TPSA) is 85.2 Å². The molecule has 9 heteroatoms. The number of hydrogen-bond donors (Lipinski definition) is 0. The normalized spacial score (nSPS) is 18.3. The standard InChI is InChI=1S/C18H26BrN3O5/c1-13-12-20(7-8-21(13)17(23)27-18(2,3)4)9-10-26-16-6-5-14(22(24)25)11-15(16)19/h5-6,11,13H,7-10,12H2,1-4H3/t13-/m0/s1. The first-order valence-corrected chi connectivity index (χ1v) is 9.65. The number of nitro benzene ring substituents is 1. The molecule has 1 amide bonds. The second kappa shape index (κ2) is 8.88. The highest BCUT2D eigenvalue weighted by Crippen LogP contribution is 2.29. The molecule has 1 fully saturated rings. The predicted molar refractivity (Wildman–Crippen MR) is 105 cm³/mol. The van der Waals surface area contributed by atoms with Gasteiger partial charge in [0.2, 0.25) is 0 Å². The van der Waals surface area contributed by atoms with E-state index in [0.29, 0.717) is 29.9 Å². The molecule has 0 aromatic heterocycles. The summed E-state index contributed by atoms with van der Waals surface area (Å²) >= 11 is 3.30. The molecule has 0 unspecified atom stereocenters. The Morgan fingerprint density at radius 2 is 2.07 bits per heavy atom. The zero-order chi connectivity index (χ0) is 20.2. The number of benzene rings is 1. The molecule has 0 radical (unpaired) electrons. The predicted octanol–water partition coefficient (Wildman–Crippen LogP) is 3.68. The third-order valence-electron chi connectivity index (χ3n) is 4.13. The van der Waals surface area contributed by atoms with Crippen molar-refractivity contribution in [2.24, 2.45) is 0 Å². The van der Waals surface area contributed by atoms with Gasteiger partial charge in [0.25, 0.3) is 5.69 Å². The summed E-state index contributed by atoms with van der Waals surface area (Å²) in [7, 11) is 0. The van der Waals surface area contributed by atoms with Crippen molar-refractivity contribution in [3.8, 4) is 5.75 Å². The molecule has 1 atom stereocenters.